The van der Waals surface area contributed by atoms with Gasteiger partial charge in [0, 0.05) is 19.5 Å². The average molecular weight is 351 g/mol. The molecule has 22 heavy (non-hydrogen) atoms. The number of hydrogen-bond acceptors (Lipinski definition) is 3. The fourth-order valence-electron chi connectivity index (χ4n) is 1.74. The SMILES string of the molecule is CC(C)CNC(=O)CCN(c1ccc(F)c(Cl)c1)S(C)(=O)=O. The summed E-state index contributed by atoms with van der Waals surface area (Å²) in [6.45, 7) is 4.41. The van der Waals surface area contributed by atoms with Crippen molar-refractivity contribution in [2.24, 2.45) is 5.92 Å². The predicted octanol–water partition coefficient (Wildman–Crippen LogP) is 2.41. The maximum atomic E-state index is 13.2. The number of carbonyl (C=O) groups is 1. The van der Waals surface area contributed by atoms with Crippen LogP contribution in [-0.4, -0.2) is 33.7 Å². The topological polar surface area (TPSA) is 66.5 Å². The number of sulfonamides is 1. The molecule has 124 valence electrons. The number of amides is 1. The molecule has 0 bridgehead atoms. The fraction of sp³-hybridized carbons (Fsp3) is 0.500. The Morgan fingerprint density at radius 1 is 1.41 bits per heavy atom. The summed E-state index contributed by atoms with van der Waals surface area (Å²) in [6.07, 6.45) is 1.03. The van der Waals surface area contributed by atoms with E-state index in [1.807, 2.05) is 13.8 Å². The Bertz CT molecular complexity index is 635. The molecule has 0 saturated heterocycles. The van der Waals surface area contributed by atoms with Gasteiger partial charge in [0.05, 0.1) is 17.0 Å². The molecule has 0 aliphatic rings. The van der Waals surface area contributed by atoms with Crippen LogP contribution in [0.25, 0.3) is 0 Å². The molecule has 0 spiro atoms. The van der Waals surface area contributed by atoms with Crippen LogP contribution in [0.3, 0.4) is 0 Å². The zero-order valence-electron chi connectivity index (χ0n) is 12.8. The number of carbonyl (C=O) groups excluding carboxylic acids is 1. The third-order valence-electron chi connectivity index (χ3n) is 2.84. The van der Waals surface area contributed by atoms with E-state index in [0.717, 1.165) is 16.6 Å². The number of rotatable bonds is 7. The lowest BCUT2D eigenvalue weighted by Gasteiger charge is -2.22. The average Bonchev–Trinajstić information content (AvgIpc) is 2.39. The van der Waals surface area contributed by atoms with E-state index >= 15 is 0 Å². The van der Waals surface area contributed by atoms with Gasteiger partial charge in [0.25, 0.3) is 0 Å². The molecule has 0 unspecified atom stereocenters. The number of nitrogens with zero attached hydrogens (tertiary/aromatic N) is 1. The first-order chi connectivity index (χ1) is 10.1. The second-order valence-electron chi connectivity index (χ2n) is 5.38. The van der Waals surface area contributed by atoms with E-state index in [2.05, 4.69) is 5.32 Å². The zero-order chi connectivity index (χ0) is 16.9. The molecule has 0 radical (unpaired) electrons. The molecule has 5 nitrogen and oxygen atoms in total. The summed E-state index contributed by atoms with van der Waals surface area (Å²) in [5.74, 6) is -0.560. The van der Waals surface area contributed by atoms with Crippen LogP contribution < -0.4 is 9.62 Å². The molecule has 1 N–H and O–H groups in total. The Morgan fingerprint density at radius 2 is 2.05 bits per heavy atom. The van der Waals surface area contributed by atoms with E-state index in [1.54, 1.807) is 0 Å². The van der Waals surface area contributed by atoms with Gasteiger partial charge in [-0.15, -0.1) is 0 Å². The van der Waals surface area contributed by atoms with Crippen molar-refractivity contribution in [1.29, 1.82) is 0 Å². The molecule has 0 aliphatic heterocycles. The van der Waals surface area contributed by atoms with Gasteiger partial charge in [-0.1, -0.05) is 25.4 Å². The van der Waals surface area contributed by atoms with Crippen molar-refractivity contribution in [3.8, 4) is 0 Å². The number of nitrogens with one attached hydrogen (secondary N) is 1. The largest absolute Gasteiger partial charge is 0.356 e. The normalized spacial score (nSPS) is 11.5. The van der Waals surface area contributed by atoms with Crippen molar-refractivity contribution in [3.05, 3.63) is 29.0 Å². The second kappa shape index (κ2) is 7.78. The zero-order valence-corrected chi connectivity index (χ0v) is 14.3. The van der Waals surface area contributed by atoms with Gasteiger partial charge < -0.3 is 5.32 Å². The van der Waals surface area contributed by atoms with Crippen molar-refractivity contribution in [3.63, 3.8) is 0 Å². The van der Waals surface area contributed by atoms with Crippen LogP contribution >= 0.6 is 11.6 Å². The van der Waals surface area contributed by atoms with E-state index in [4.69, 9.17) is 11.6 Å². The van der Waals surface area contributed by atoms with Crippen LogP contribution in [0.5, 0.6) is 0 Å². The summed E-state index contributed by atoms with van der Waals surface area (Å²) in [5, 5.41) is 2.54. The Hall–Kier alpha value is -1.34. The highest BCUT2D eigenvalue weighted by molar-refractivity contribution is 7.92. The van der Waals surface area contributed by atoms with Gasteiger partial charge >= 0.3 is 0 Å². The van der Waals surface area contributed by atoms with Gasteiger partial charge in [0.2, 0.25) is 15.9 Å². The lowest BCUT2D eigenvalue weighted by atomic mass is 10.2. The van der Waals surface area contributed by atoms with Crippen LogP contribution in [0.4, 0.5) is 10.1 Å². The molecular formula is C14H20ClFN2O3S. The molecule has 0 atom stereocenters. The number of benzene rings is 1. The summed E-state index contributed by atoms with van der Waals surface area (Å²) >= 11 is 5.68. The highest BCUT2D eigenvalue weighted by Crippen LogP contribution is 2.24. The quantitative estimate of drug-likeness (QED) is 0.821. The first kappa shape index (κ1) is 18.7. The van der Waals surface area contributed by atoms with E-state index in [1.165, 1.54) is 12.1 Å². The maximum Gasteiger partial charge on any atom is 0.232 e. The first-order valence-electron chi connectivity index (χ1n) is 6.80. The van der Waals surface area contributed by atoms with Gasteiger partial charge in [-0.05, 0) is 24.1 Å². The molecule has 1 aromatic carbocycles. The number of anilines is 1. The lowest BCUT2D eigenvalue weighted by Crippen LogP contribution is -2.35. The molecule has 8 heteroatoms. The van der Waals surface area contributed by atoms with Crippen LogP contribution in [0, 0.1) is 11.7 Å². The standard InChI is InChI=1S/C14H20ClFN2O3S/c1-10(2)9-17-14(19)6-7-18(22(3,20)21)11-4-5-13(16)12(15)8-11/h4-5,8,10H,6-7,9H2,1-3H3,(H,17,19). The highest BCUT2D eigenvalue weighted by Gasteiger charge is 2.19. The Morgan fingerprint density at radius 3 is 2.55 bits per heavy atom. The van der Waals surface area contributed by atoms with E-state index in [9.17, 15) is 17.6 Å². The Kier molecular flexibility index (Phi) is 6.62. The summed E-state index contributed by atoms with van der Waals surface area (Å²) < 4.78 is 37.9. The van der Waals surface area contributed by atoms with Crippen molar-refractivity contribution in [2.45, 2.75) is 20.3 Å². The first-order valence-corrected chi connectivity index (χ1v) is 9.03. The number of hydrogen-bond donors (Lipinski definition) is 1. The molecule has 0 fully saturated rings. The Balaban J connectivity index is 2.83. The van der Waals surface area contributed by atoms with Gasteiger partial charge in [-0.25, -0.2) is 12.8 Å². The summed E-state index contributed by atoms with van der Waals surface area (Å²) in [6, 6.07) is 3.63. The van der Waals surface area contributed by atoms with E-state index < -0.39 is 15.8 Å². The monoisotopic (exact) mass is 350 g/mol. The molecule has 1 aromatic rings. The molecular weight excluding hydrogens is 331 g/mol. The minimum Gasteiger partial charge on any atom is -0.356 e. The van der Waals surface area contributed by atoms with E-state index in [0.29, 0.717) is 12.5 Å². The van der Waals surface area contributed by atoms with Crippen molar-refractivity contribution < 1.29 is 17.6 Å². The van der Waals surface area contributed by atoms with Gasteiger partial charge in [0.1, 0.15) is 5.82 Å². The van der Waals surface area contributed by atoms with Gasteiger partial charge in [-0.2, -0.15) is 0 Å². The molecule has 0 heterocycles. The summed E-state index contributed by atoms with van der Waals surface area (Å²) in [5.41, 5.74) is 0.227. The molecule has 0 saturated carbocycles. The van der Waals surface area contributed by atoms with Gasteiger partial charge in [-0.3, -0.25) is 9.10 Å². The third-order valence-corrected chi connectivity index (χ3v) is 4.32. The predicted molar refractivity (Wildman–Crippen MR) is 86.1 cm³/mol. The third kappa shape index (κ3) is 5.81. The number of halogens is 2. The van der Waals surface area contributed by atoms with Gasteiger partial charge in [0.15, 0.2) is 0 Å². The minimum absolute atomic E-state index is 0.00872. The summed E-state index contributed by atoms with van der Waals surface area (Å²) in [7, 11) is -3.60. The Labute approximate surface area is 135 Å². The molecule has 1 rings (SSSR count). The van der Waals surface area contributed by atoms with Crippen molar-refractivity contribution in [1.82, 2.24) is 5.32 Å². The van der Waals surface area contributed by atoms with E-state index in [-0.39, 0.29) is 29.6 Å². The lowest BCUT2D eigenvalue weighted by molar-refractivity contribution is -0.121. The second-order valence-corrected chi connectivity index (χ2v) is 7.70. The fourth-order valence-corrected chi connectivity index (χ4v) is 2.83. The summed E-state index contributed by atoms with van der Waals surface area (Å²) in [4.78, 5) is 11.7. The highest BCUT2D eigenvalue weighted by atomic mass is 35.5. The van der Waals surface area contributed by atoms with Crippen LogP contribution in [0.2, 0.25) is 5.02 Å². The van der Waals surface area contributed by atoms with Crippen LogP contribution in [-0.2, 0) is 14.8 Å². The molecule has 1 amide bonds. The molecule has 0 aromatic heterocycles. The smallest absolute Gasteiger partial charge is 0.232 e. The van der Waals surface area contributed by atoms with Crippen molar-refractivity contribution >= 4 is 33.2 Å². The molecule has 0 aliphatic carbocycles. The van der Waals surface area contributed by atoms with Crippen LogP contribution in [0.15, 0.2) is 18.2 Å². The maximum absolute atomic E-state index is 13.2. The van der Waals surface area contributed by atoms with Crippen molar-refractivity contribution in [2.75, 3.05) is 23.7 Å². The minimum atomic E-state index is -3.60. The van der Waals surface area contributed by atoms with Crippen LogP contribution in [0.1, 0.15) is 20.3 Å².